The first-order valence-electron chi connectivity index (χ1n) is 7.36. The molecular weight excluding hydrogens is 308 g/mol. The minimum Gasteiger partial charge on any atom is -0.504 e. The molecule has 0 fully saturated rings. The van der Waals surface area contributed by atoms with Crippen molar-refractivity contribution in [2.75, 3.05) is 35.5 Å². The highest BCUT2D eigenvalue weighted by Gasteiger charge is 2.16. The van der Waals surface area contributed by atoms with E-state index in [1.807, 2.05) is 36.4 Å². The molecule has 128 valence electrons. The maximum absolute atomic E-state index is 5.43. The van der Waals surface area contributed by atoms with Crippen molar-refractivity contribution in [1.29, 1.82) is 0 Å². The van der Waals surface area contributed by atoms with Gasteiger partial charge in [-0.3, -0.25) is 0 Å². The minimum absolute atomic E-state index is 0.551. The van der Waals surface area contributed by atoms with Crippen LogP contribution in [0.5, 0.6) is 23.0 Å². The SMILES string of the molecule is CO/C=C(\c1ccc(OC)cc1)c1cc(OC)c(OC)c(OC)c1. The first-order valence-corrected chi connectivity index (χ1v) is 7.36. The van der Waals surface area contributed by atoms with Crippen LogP contribution in [0.25, 0.3) is 5.57 Å². The molecule has 0 N–H and O–H groups in total. The maximum Gasteiger partial charge on any atom is 0.203 e. The molecule has 0 aliphatic carbocycles. The van der Waals surface area contributed by atoms with Crippen molar-refractivity contribution < 1.29 is 23.7 Å². The lowest BCUT2D eigenvalue weighted by Gasteiger charge is -2.16. The Kier molecular flexibility index (Phi) is 5.95. The van der Waals surface area contributed by atoms with Gasteiger partial charge in [0.25, 0.3) is 0 Å². The first-order chi connectivity index (χ1) is 11.7. The van der Waals surface area contributed by atoms with Crippen LogP contribution in [0.2, 0.25) is 0 Å². The summed E-state index contributed by atoms with van der Waals surface area (Å²) >= 11 is 0. The van der Waals surface area contributed by atoms with Crippen molar-refractivity contribution in [3.8, 4) is 23.0 Å². The smallest absolute Gasteiger partial charge is 0.203 e. The van der Waals surface area contributed by atoms with E-state index in [1.165, 1.54) is 0 Å². The summed E-state index contributed by atoms with van der Waals surface area (Å²) in [6.45, 7) is 0. The third-order valence-electron chi connectivity index (χ3n) is 3.61. The maximum atomic E-state index is 5.43. The van der Waals surface area contributed by atoms with E-state index in [-0.39, 0.29) is 0 Å². The van der Waals surface area contributed by atoms with Gasteiger partial charge >= 0.3 is 0 Å². The van der Waals surface area contributed by atoms with Gasteiger partial charge in [0.1, 0.15) is 5.75 Å². The van der Waals surface area contributed by atoms with Gasteiger partial charge in [0.05, 0.1) is 41.8 Å². The molecule has 24 heavy (non-hydrogen) atoms. The number of methoxy groups -OCH3 is 5. The van der Waals surface area contributed by atoms with Crippen LogP contribution in [0, 0.1) is 0 Å². The predicted molar refractivity (Wildman–Crippen MR) is 93.2 cm³/mol. The van der Waals surface area contributed by atoms with Crippen molar-refractivity contribution in [2.45, 2.75) is 0 Å². The normalized spacial score (nSPS) is 11.0. The number of rotatable bonds is 7. The van der Waals surface area contributed by atoms with Gasteiger partial charge < -0.3 is 23.7 Å². The summed E-state index contributed by atoms with van der Waals surface area (Å²) in [5.74, 6) is 2.51. The molecule has 2 aromatic rings. The van der Waals surface area contributed by atoms with E-state index < -0.39 is 0 Å². The van der Waals surface area contributed by atoms with E-state index in [4.69, 9.17) is 23.7 Å². The van der Waals surface area contributed by atoms with Crippen LogP contribution in [-0.2, 0) is 4.74 Å². The van der Waals surface area contributed by atoms with Crippen LogP contribution >= 0.6 is 0 Å². The molecule has 0 unspecified atom stereocenters. The van der Waals surface area contributed by atoms with Crippen LogP contribution in [0.15, 0.2) is 42.7 Å². The molecular formula is C19H22O5. The van der Waals surface area contributed by atoms with Gasteiger partial charge in [-0.25, -0.2) is 0 Å². The highest BCUT2D eigenvalue weighted by atomic mass is 16.5. The minimum atomic E-state index is 0.551. The Morgan fingerprint density at radius 3 is 1.71 bits per heavy atom. The predicted octanol–water partition coefficient (Wildman–Crippen LogP) is 3.76. The molecule has 0 aromatic heterocycles. The lowest BCUT2D eigenvalue weighted by Crippen LogP contribution is -1.98. The summed E-state index contributed by atoms with van der Waals surface area (Å²) in [4.78, 5) is 0. The van der Waals surface area contributed by atoms with Crippen LogP contribution in [0.3, 0.4) is 0 Å². The van der Waals surface area contributed by atoms with Gasteiger partial charge in [-0.2, -0.15) is 0 Å². The zero-order valence-corrected chi connectivity index (χ0v) is 14.6. The van der Waals surface area contributed by atoms with Crippen LogP contribution in [0.4, 0.5) is 0 Å². The van der Waals surface area contributed by atoms with Crippen LogP contribution in [-0.4, -0.2) is 35.5 Å². The Labute approximate surface area is 142 Å². The summed E-state index contributed by atoms with van der Waals surface area (Å²) in [6, 6.07) is 11.5. The molecule has 0 amide bonds. The van der Waals surface area contributed by atoms with Gasteiger partial charge in [0.15, 0.2) is 11.5 Å². The third kappa shape index (κ3) is 3.56. The Hall–Kier alpha value is -2.82. The number of hydrogen-bond donors (Lipinski definition) is 0. The number of benzene rings is 2. The van der Waals surface area contributed by atoms with Crippen molar-refractivity contribution in [2.24, 2.45) is 0 Å². The van der Waals surface area contributed by atoms with Crippen LogP contribution in [0.1, 0.15) is 11.1 Å². The molecule has 0 aliphatic rings. The fraction of sp³-hybridized carbons (Fsp3) is 0.263. The van der Waals surface area contributed by atoms with Gasteiger partial charge in [0, 0.05) is 5.57 Å². The lowest BCUT2D eigenvalue weighted by molar-refractivity contribution is 0.324. The molecule has 0 radical (unpaired) electrons. The van der Waals surface area contributed by atoms with Crippen molar-refractivity contribution in [3.63, 3.8) is 0 Å². The van der Waals surface area contributed by atoms with E-state index in [0.29, 0.717) is 17.2 Å². The van der Waals surface area contributed by atoms with Gasteiger partial charge in [-0.05, 0) is 35.4 Å². The molecule has 2 rings (SSSR count). The number of ether oxygens (including phenoxy) is 5. The Balaban J connectivity index is 2.57. The van der Waals surface area contributed by atoms with Crippen molar-refractivity contribution in [1.82, 2.24) is 0 Å². The Morgan fingerprint density at radius 2 is 1.29 bits per heavy atom. The summed E-state index contributed by atoms with van der Waals surface area (Å²) < 4.78 is 26.7. The molecule has 2 aromatic carbocycles. The summed E-state index contributed by atoms with van der Waals surface area (Å²) in [6.07, 6.45) is 1.68. The van der Waals surface area contributed by atoms with Crippen molar-refractivity contribution >= 4 is 5.57 Å². The second-order valence-electron chi connectivity index (χ2n) is 4.91. The second-order valence-corrected chi connectivity index (χ2v) is 4.91. The van der Waals surface area contributed by atoms with E-state index in [1.54, 1.807) is 41.8 Å². The fourth-order valence-corrected chi connectivity index (χ4v) is 2.43. The summed E-state index contributed by atoms with van der Waals surface area (Å²) in [5.41, 5.74) is 2.75. The monoisotopic (exact) mass is 330 g/mol. The Bertz CT molecular complexity index is 679. The summed E-state index contributed by atoms with van der Waals surface area (Å²) in [5, 5.41) is 0. The average molecular weight is 330 g/mol. The topological polar surface area (TPSA) is 46.2 Å². The first kappa shape index (κ1) is 17.5. The van der Waals surface area contributed by atoms with Crippen LogP contribution < -0.4 is 18.9 Å². The van der Waals surface area contributed by atoms with E-state index in [9.17, 15) is 0 Å². The highest BCUT2D eigenvalue weighted by molar-refractivity contribution is 5.81. The fourth-order valence-electron chi connectivity index (χ4n) is 2.43. The van der Waals surface area contributed by atoms with Crippen molar-refractivity contribution in [3.05, 3.63) is 53.8 Å². The zero-order chi connectivity index (χ0) is 17.5. The van der Waals surface area contributed by atoms with E-state index in [2.05, 4.69) is 0 Å². The zero-order valence-electron chi connectivity index (χ0n) is 14.6. The average Bonchev–Trinajstić information content (AvgIpc) is 2.64. The Morgan fingerprint density at radius 1 is 0.708 bits per heavy atom. The van der Waals surface area contributed by atoms with Gasteiger partial charge in [0.2, 0.25) is 5.75 Å². The van der Waals surface area contributed by atoms with E-state index >= 15 is 0 Å². The molecule has 0 saturated carbocycles. The molecule has 0 aliphatic heterocycles. The lowest BCUT2D eigenvalue weighted by atomic mass is 9.98. The van der Waals surface area contributed by atoms with Gasteiger partial charge in [-0.1, -0.05) is 12.1 Å². The molecule has 0 atom stereocenters. The van der Waals surface area contributed by atoms with E-state index in [0.717, 1.165) is 22.4 Å². The third-order valence-corrected chi connectivity index (χ3v) is 3.61. The quantitative estimate of drug-likeness (QED) is 0.724. The number of hydrogen-bond acceptors (Lipinski definition) is 5. The largest absolute Gasteiger partial charge is 0.504 e. The molecule has 0 bridgehead atoms. The standard InChI is InChI=1S/C19H22O5/c1-20-12-16(13-6-8-15(21-2)9-7-13)14-10-17(22-3)19(24-5)18(11-14)23-4/h6-12H,1-5H3/b16-12+. The molecule has 0 saturated heterocycles. The molecule has 5 nitrogen and oxygen atoms in total. The summed E-state index contributed by atoms with van der Waals surface area (Å²) in [7, 11) is 8.01. The highest BCUT2D eigenvalue weighted by Crippen LogP contribution is 2.41. The second kappa shape index (κ2) is 8.15. The molecule has 0 heterocycles. The molecule has 0 spiro atoms. The molecule has 5 heteroatoms. The van der Waals surface area contributed by atoms with Gasteiger partial charge in [-0.15, -0.1) is 0 Å².